The van der Waals surface area contributed by atoms with E-state index in [9.17, 15) is 14.4 Å². The molecule has 7 nitrogen and oxygen atoms in total. The van der Waals surface area contributed by atoms with E-state index in [-0.39, 0.29) is 23.9 Å². The van der Waals surface area contributed by atoms with E-state index < -0.39 is 5.91 Å². The fourth-order valence-electron chi connectivity index (χ4n) is 3.01. The zero-order valence-corrected chi connectivity index (χ0v) is 15.6. The number of rotatable bonds is 5. The first-order valence-electron chi connectivity index (χ1n) is 8.95. The van der Waals surface area contributed by atoms with E-state index in [2.05, 4.69) is 10.3 Å². The van der Waals surface area contributed by atoms with Crippen LogP contribution in [-0.2, 0) is 6.54 Å². The Hall–Kier alpha value is -4.00. The fourth-order valence-corrected chi connectivity index (χ4v) is 3.01. The molecule has 2 heterocycles. The van der Waals surface area contributed by atoms with E-state index in [0.29, 0.717) is 22.8 Å². The van der Waals surface area contributed by atoms with Crippen LogP contribution in [0.2, 0.25) is 0 Å². The molecular weight excluding hydrogens is 370 g/mol. The van der Waals surface area contributed by atoms with E-state index in [1.54, 1.807) is 18.3 Å². The minimum Gasteiger partial charge on any atom is -0.439 e. The predicted molar refractivity (Wildman–Crippen MR) is 105 cm³/mol. The van der Waals surface area contributed by atoms with Gasteiger partial charge in [-0.25, -0.2) is 4.98 Å². The van der Waals surface area contributed by atoms with Crippen LogP contribution >= 0.6 is 0 Å². The van der Waals surface area contributed by atoms with Gasteiger partial charge in [0.15, 0.2) is 0 Å². The second kappa shape index (κ2) is 7.55. The largest absolute Gasteiger partial charge is 0.439 e. The summed E-state index contributed by atoms with van der Waals surface area (Å²) in [5.41, 5.74) is 1.68. The third-order valence-corrected chi connectivity index (χ3v) is 4.57. The van der Waals surface area contributed by atoms with Crippen molar-refractivity contribution in [1.29, 1.82) is 0 Å². The Morgan fingerprint density at radius 1 is 1.00 bits per heavy atom. The number of para-hydroxylation sites is 1. The molecule has 0 fully saturated rings. The van der Waals surface area contributed by atoms with E-state index in [1.165, 1.54) is 25.2 Å². The van der Waals surface area contributed by atoms with Gasteiger partial charge in [-0.3, -0.25) is 19.3 Å². The van der Waals surface area contributed by atoms with Gasteiger partial charge in [0.05, 0.1) is 11.1 Å². The van der Waals surface area contributed by atoms with Crippen LogP contribution in [0.15, 0.2) is 66.9 Å². The van der Waals surface area contributed by atoms with Crippen LogP contribution in [0.1, 0.15) is 36.6 Å². The van der Waals surface area contributed by atoms with Crippen molar-refractivity contribution < 1.29 is 19.1 Å². The van der Waals surface area contributed by atoms with Gasteiger partial charge in [0, 0.05) is 31.4 Å². The molecule has 144 valence electrons. The lowest BCUT2D eigenvalue weighted by Crippen LogP contribution is -2.24. The highest BCUT2D eigenvalue weighted by atomic mass is 16.5. The zero-order chi connectivity index (χ0) is 20.4. The molecule has 1 aliphatic rings. The Morgan fingerprint density at radius 3 is 2.55 bits per heavy atom. The van der Waals surface area contributed by atoms with E-state index in [4.69, 9.17) is 4.74 Å². The summed E-state index contributed by atoms with van der Waals surface area (Å²) in [7, 11) is 1.42. The van der Waals surface area contributed by atoms with E-state index >= 15 is 0 Å². The quantitative estimate of drug-likeness (QED) is 0.680. The predicted octanol–water partition coefficient (Wildman–Crippen LogP) is 3.03. The third kappa shape index (κ3) is 3.70. The second-order valence-electron chi connectivity index (χ2n) is 6.53. The standard InChI is InChI=1S/C22H17N3O4/c1-25-21(27)17-8-7-15(12-18(17)22(25)28)20(26)24-13-14-9-10-23-19(11-14)29-16-5-3-2-4-6-16/h2-12H,13H2,1H3,(H,24,26). The Bertz CT molecular complexity index is 1110. The first-order chi connectivity index (χ1) is 14.0. The number of hydrogen-bond donors (Lipinski definition) is 1. The number of imide groups is 1. The molecule has 1 aliphatic heterocycles. The van der Waals surface area contributed by atoms with Crippen LogP contribution in [-0.4, -0.2) is 34.7 Å². The molecule has 0 aliphatic carbocycles. The molecule has 1 aromatic heterocycles. The van der Waals surface area contributed by atoms with E-state index in [0.717, 1.165) is 10.5 Å². The number of hydrogen-bond acceptors (Lipinski definition) is 5. The summed E-state index contributed by atoms with van der Waals surface area (Å²) in [5, 5.41) is 2.80. The highest BCUT2D eigenvalue weighted by Crippen LogP contribution is 2.23. The van der Waals surface area contributed by atoms with Crippen LogP contribution in [0.3, 0.4) is 0 Å². The van der Waals surface area contributed by atoms with Crippen molar-refractivity contribution in [3.8, 4) is 11.6 Å². The molecule has 3 aromatic rings. The molecule has 4 rings (SSSR count). The van der Waals surface area contributed by atoms with Gasteiger partial charge >= 0.3 is 0 Å². The van der Waals surface area contributed by atoms with Gasteiger partial charge in [-0.2, -0.15) is 0 Å². The summed E-state index contributed by atoms with van der Waals surface area (Å²) in [6.45, 7) is 0.260. The van der Waals surface area contributed by atoms with Crippen LogP contribution in [0.4, 0.5) is 0 Å². The number of carbonyl (C=O) groups is 3. The number of nitrogens with one attached hydrogen (secondary N) is 1. The zero-order valence-electron chi connectivity index (χ0n) is 15.6. The number of amides is 3. The van der Waals surface area contributed by atoms with Crippen LogP contribution in [0, 0.1) is 0 Å². The Morgan fingerprint density at radius 2 is 1.76 bits per heavy atom. The van der Waals surface area contributed by atoms with Gasteiger partial charge in [-0.15, -0.1) is 0 Å². The summed E-state index contributed by atoms with van der Waals surface area (Å²) in [5.74, 6) is -0.0164. The molecule has 0 unspecified atom stereocenters. The average Bonchev–Trinajstić information content (AvgIpc) is 2.97. The summed E-state index contributed by atoms with van der Waals surface area (Å²) in [6.07, 6.45) is 1.61. The topological polar surface area (TPSA) is 88.6 Å². The SMILES string of the molecule is CN1C(=O)c2ccc(C(=O)NCc3ccnc(Oc4ccccc4)c3)cc2C1=O. The number of pyridine rings is 1. The molecule has 0 bridgehead atoms. The minimum atomic E-state index is -0.406. The molecule has 0 spiro atoms. The number of aromatic nitrogens is 1. The molecule has 7 heteroatoms. The second-order valence-corrected chi connectivity index (χ2v) is 6.53. The molecule has 0 radical (unpaired) electrons. The van der Waals surface area contributed by atoms with Gasteiger partial charge in [-0.1, -0.05) is 18.2 Å². The molecule has 3 amide bonds. The van der Waals surface area contributed by atoms with Crippen LogP contribution in [0.5, 0.6) is 11.6 Å². The maximum absolute atomic E-state index is 12.5. The smallest absolute Gasteiger partial charge is 0.261 e. The normalized spacial score (nSPS) is 12.7. The van der Waals surface area contributed by atoms with E-state index in [1.807, 2.05) is 30.3 Å². The van der Waals surface area contributed by atoms with Gasteiger partial charge in [0.1, 0.15) is 5.75 Å². The Balaban J connectivity index is 1.44. The molecule has 0 saturated heterocycles. The summed E-state index contributed by atoms with van der Waals surface area (Å²) in [4.78, 5) is 41.8. The summed E-state index contributed by atoms with van der Waals surface area (Å²) < 4.78 is 5.69. The van der Waals surface area contributed by atoms with Crippen LogP contribution < -0.4 is 10.1 Å². The van der Waals surface area contributed by atoms with Gasteiger partial charge in [0.2, 0.25) is 5.88 Å². The summed E-state index contributed by atoms with van der Waals surface area (Å²) >= 11 is 0. The number of ether oxygens (including phenoxy) is 1. The number of benzene rings is 2. The molecule has 0 saturated carbocycles. The molecule has 2 aromatic carbocycles. The molecule has 1 N–H and O–H groups in total. The average molecular weight is 387 g/mol. The highest BCUT2D eigenvalue weighted by Gasteiger charge is 2.33. The van der Waals surface area contributed by atoms with Gasteiger partial charge in [-0.05, 0) is 42.0 Å². The van der Waals surface area contributed by atoms with Gasteiger partial charge in [0.25, 0.3) is 17.7 Å². The maximum Gasteiger partial charge on any atom is 0.261 e. The van der Waals surface area contributed by atoms with Crippen molar-refractivity contribution >= 4 is 17.7 Å². The van der Waals surface area contributed by atoms with Crippen molar-refractivity contribution in [2.45, 2.75) is 6.54 Å². The van der Waals surface area contributed by atoms with Crippen molar-refractivity contribution in [1.82, 2.24) is 15.2 Å². The highest BCUT2D eigenvalue weighted by molar-refractivity contribution is 6.21. The number of carbonyl (C=O) groups excluding carboxylic acids is 3. The minimum absolute atomic E-state index is 0.243. The lowest BCUT2D eigenvalue weighted by molar-refractivity contribution is 0.0693. The van der Waals surface area contributed by atoms with Gasteiger partial charge < -0.3 is 10.1 Å². The monoisotopic (exact) mass is 387 g/mol. The molecule has 29 heavy (non-hydrogen) atoms. The van der Waals surface area contributed by atoms with Crippen molar-refractivity contribution in [3.63, 3.8) is 0 Å². The van der Waals surface area contributed by atoms with Crippen molar-refractivity contribution in [2.24, 2.45) is 0 Å². The first kappa shape index (κ1) is 18.4. The number of nitrogens with zero attached hydrogens (tertiary/aromatic N) is 2. The Kier molecular flexibility index (Phi) is 4.78. The fraction of sp³-hybridized carbons (Fsp3) is 0.0909. The third-order valence-electron chi connectivity index (χ3n) is 4.57. The van der Waals surface area contributed by atoms with Crippen molar-refractivity contribution in [3.05, 3.63) is 89.1 Å². The number of fused-ring (bicyclic) bond motifs is 1. The first-order valence-corrected chi connectivity index (χ1v) is 8.95. The van der Waals surface area contributed by atoms with Crippen molar-refractivity contribution in [2.75, 3.05) is 7.05 Å². The van der Waals surface area contributed by atoms with Crippen LogP contribution in [0.25, 0.3) is 0 Å². The summed E-state index contributed by atoms with van der Waals surface area (Å²) in [6, 6.07) is 17.3. The Labute approximate surface area is 166 Å². The lowest BCUT2D eigenvalue weighted by Gasteiger charge is -2.08. The maximum atomic E-state index is 12.5. The lowest BCUT2D eigenvalue weighted by atomic mass is 10.1. The molecular formula is C22H17N3O4. The molecule has 0 atom stereocenters.